The molecule has 3 rings (SSSR count). The number of hydrogen-bond acceptors (Lipinski definition) is 5. The maximum atomic E-state index is 12.3. The largest absolute Gasteiger partial charge is 0.451 e. The fourth-order valence-electron chi connectivity index (χ4n) is 2.57. The van der Waals surface area contributed by atoms with Crippen LogP contribution in [0.4, 0.5) is 0 Å². The zero-order valence-corrected chi connectivity index (χ0v) is 15.0. The van der Waals surface area contributed by atoms with Gasteiger partial charge >= 0.3 is 5.97 Å². The smallest absolute Gasteiger partial charge is 0.338 e. The second-order valence-electron chi connectivity index (χ2n) is 6.12. The number of benzene rings is 2. The predicted molar refractivity (Wildman–Crippen MR) is 100 cm³/mol. The number of amides is 1. The van der Waals surface area contributed by atoms with Gasteiger partial charge in [-0.05, 0) is 36.8 Å². The predicted octanol–water partition coefficient (Wildman–Crippen LogP) is 2.48. The lowest BCUT2D eigenvalue weighted by Gasteiger charge is -2.13. The van der Waals surface area contributed by atoms with Crippen molar-refractivity contribution in [2.45, 2.75) is 26.5 Å². The Bertz CT molecular complexity index is 1040. The molecule has 3 aromatic rings. The number of para-hydroxylation sites is 1. The zero-order valence-electron chi connectivity index (χ0n) is 15.0. The van der Waals surface area contributed by atoms with E-state index in [1.165, 1.54) is 6.92 Å². The highest BCUT2D eigenvalue weighted by Gasteiger charge is 2.17. The topological polar surface area (TPSA) is 101 Å². The molecule has 2 N–H and O–H groups in total. The maximum Gasteiger partial charge on any atom is 0.338 e. The molecule has 0 aliphatic carbocycles. The summed E-state index contributed by atoms with van der Waals surface area (Å²) in [5.41, 5.74) is 1.51. The van der Waals surface area contributed by atoms with Gasteiger partial charge in [-0.3, -0.25) is 9.59 Å². The van der Waals surface area contributed by atoms with Gasteiger partial charge in [-0.25, -0.2) is 9.78 Å². The fourth-order valence-corrected chi connectivity index (χ4v) is 2.57. The number of nitrogens with one attached hydrogen (secondary N) is 2. The quantitative estimate of drug-likeness (QED) is 0.677. The van der Waals surface area contributed by atoms with Gasteiger partial charge in [0, 0.05) is 13.5 Å². The summed E-state index contributed by atoms with van der Waals surface area (Å²) in [6.45, 7) is 3.48. The lowest BCUT2D eigenvalue weighted by atomic mass is 10.1. The van der Waals surface area contributed by atoms with Crippen molar-refractivity contribution in [3.05, 3.63) is 75.8 Å². The van der Waals surface area contributed by atoms with Gasteiger partial charge in [0.2, 0.25) is 5.91 Å². The average Bonchev–Trinajstić information content (AvgIpc) is 2.66. The Balaban J connectivity index is 1.72. The van der Waals surface area contributed by atoms with Crippen LogP contribution in [0.15, 0.2) is 53.3 Å². The molecular weight excluding hydrogens is 346 g/mol. The summed E-state index contributed by atoms with van der Waals surface area (Å²) in [6, 6.07) is 13.7. The van der Waals surface area contributed by atoms with E-state index in [9.17, 15) is 14.4 Å². The summed E-state index contributed by atoms with van der Waals surface area (Å²) in [6.07, 6.45) is -0.714. The molecule has 1 amide bonds. The van der Waals surface area contributed by atoms with Crippen LogP contribution >= 0.6 is 0 Å². The highest BCUT2D eigenvalue weighted by Crippen LogP contribution is 2.17. The maximum absolute atomic E-state index is 12.3. The molecule has 0 aliphatic heterocycles. The van der Waals surface area contributed by atoms with Crippen molar-refractivity contribution in [1.29, 1.82) is 0 Å². The van der Waals surface area contributed by atoms with Gasteiger partial charge in [0.15, 0.2) is 11.9 Å². The molecular formula is C20H19N3O4. The van der Waals surface area contributed by atoms with Crippen molar-refractivity contribution >= 4 is 22.8 Å². The summed E-state index contributed by atoms with van der Waals surface area (Å²) in [5, 5.41) is 3.17. The molecule has 0 aliphatic rings. The lowest BCUT2D eigenvalue weighted by Crippen LogP contribution is -2.19. The third-order valence-corrected chi connectivity index (χ3v) is 4.03. The van der Waals surface area contributed by atoms with Crippen LogP contribution in [-0.2, 0) is 16.1 Å². The van der Waals surface area contributed by atoms with Crippen molar-refractivity contribution < 1.29 is 14.3 Å². The Kier molecular flexibility index (Phi) is 5.30. The van der Waals surface area contributed by atoms with Crippen LogP contribution in [0.5, 0.6) is 0 Å². The van der Waals surface area contributed by atoms with Crippen LogP contribution in [0.2, 0.25) is 0 Å². The second-order valence-corrected chi connectivity index (χ2v) is 6.12. The highest BCUT2D eigenvalue weighted by molar-refractivity contribution is 5.89. The number of carbonyl (C=O) groups is 2. The molecule has 0 saturated carbocycles. The Morgan fingerprint density at radius 2 is 1.85 bits per heavy atom. The molecule has 1 atom stereocenters. The number of fused-ring (bicyclic) bond motifs is 1. The second kappa shape index (κ2) is 7.82. The van der Waals surface area contributed by atoms with E-state index >= 15 is 0 Å². The Morgan fingerprint density at radius 1 is 1.15 bits per heavy atom. The first-order valence-electron chi connectivity index (χ1n) is 8.47. The van der Waals surface area contributed by atoms with Crippen LogP contribution in [0.25, 0.3) is 10.9 Å². The van der Waals surface area contributed by atoms with E-state index in [-0.39, 0.29) is 17.3 Å². The first-order chi connectivity index (χ1) is 12.9. The molecule has 0 spiro atoms. The Morgan fingerprint density at radius 3 is 2.56 bits per heavy atom. The summed E-state index contributed by atoms with van der Waals surface area (Å²) < 4.78 is 5.42. The summed E-state index contributed by atoms with van der Waals surface area (Å²) in [7, 11) is 0. The molecule has 1 aromatic heterocycles. The number of rotatable bonds is 5. The number of ether oxygens (including phenoxy) is 1. The van der Waals surface area contributed by atoms with Crippen molar-refractivity contribution in [1.82, 2.24) is 15.3 Å². The molecule has 27 heavy (non-hydrogen) atoms. The standard InChI is InChI=1S/C20H19N3O4/c1-12(18-22-17-6-4-3-5-16(17)19(25)23-18)27-20(26)15-9-7-14(8-10-15)11-21-13(2)24/h3-10,12H,11H2,1-2H3,(H,21,24)(H,22,23,25)/t12-/m1/s1. The summed E-state index contributed by atoms with van der Waals surface area (Å²) in [4.78, 5) is 42.4. The Labute approximate surface area is 155 Å². The molecule has 1 heterocycles. The van der Waals surface area contributed by atoms with Gasteiger partial charge in [-0.15, -0.1) is 0 Å². The van der Waals surface area contributed by atoms with E-state index in [1.807, 2.05) is 0 Å². The van der Waals surface area contributed by atoms with E-state index in [1.54, 1.807) is 55.5 Å². The molecule has 0 bridgehead atoms. The number of carbonyl (C=O) groups excluding carboxylic acids is 2. The minimum Gasteiger partial charge on any atom is -0.451 e. The van der Waals surface area contributed by atoms with Crippen LogP contribution in [0, 0.1) is 0 Å². The van der Waals surface area contributed by atoms with E-state index in [2.05, 4.69) is 15.3 Å². The number of hydrogen-bond donors (Lipinski definition) is 2. The molecule has 7 heteroatoms. The molecule has 0 unspecified atom stereocenters. The van der Waals surface area contributed by atoms with E-state index in [0.717, 1.165) is 5.56 Å². The average molecular weight is 365 g/mol. The van der Waals surface area contributed by atoms with Crippen molar-refractivity contribution in [3.63, 3.8) is 0 Å². The molecule has 0 fully saturated rings. The number of nitrogens with zero attached hydrogens (tertiary/aromatic N) is 1. The van der Waals surface area contributed by atoms with Crippen LogP contribution < -0.4 is 10.9 Å². The van der Waals surface area contributed by atoms with Gasteiger partial charge in [-0.2, -0.15) is 0 Å². The van der Waals surface area contributed by atoms with Gasteiger partial charge in [-0.1, -0.05) is 24.3 Å². The normalized spacial score (nSPS) is 11.8. The van der Waals surface area contributed by atoms with Crippen LogP contribution in [-0.4, -0.2) is 21.8 Å². The van der Waals surface area contributed by atoms with E-state index in [4.69, 9.17) is 4.74 Å². The monoisotopic (exact) mass is 365 g/mol. The number of aromatic nitrogens is 2. The summed E-state index contributed by atoms with van der Waals surface area (Å²) >= 11 is 0. The van der Waals surface area contributed by atoms with Gasteiger partial charge in [0.05, 0.1) is 16.5 Å². The molecule has 2 aromatic carbocycles. The van der Waals surface area contributed by atoms with Gasteiger partial charge in [0.1, 0.15) is 0 Å². The van der Waals surface area contributed by atoms with Crippen molar-refractivity contribution in [2.24, 2.45) is 0 Å². The van der Waals surface area contributed by atoms with Gasteiger partial charge in [0.25, 0.3) is 5.56 Å². The summed E-state index contributed by atoms with van der Waals surface area (Å²) in [5.74, 6) is -0.358. The third kappa shape index (κ3) is 4.38. The Hall–Kier alpha value is -3.48. The van der Waals surface area contributed by atoms with Crippen LogP contribution in [0.1, 0.15) is 41.7 Å². The van der Waals surface area contributed by atoms with Crippen LogP contribution in [0.3, 0.4) is 0 Å². The first-order valence-corrected chi connectivity index (χ1v) is 8.47. The highest BCUT2D eigenvalue weighted by atomic mass is 16.5. The van der Waals surface area contributed by atoms with E-state index < -0.39 is 12.1 Å². The van der Waals surface area contributed by atoms with Gasteiger partial charge < -0.3 is 15.0 Å². The molecule has 138 valence electrons. The minimum absolute atomic E-state index is 0.121. The SMILES string of the molecule is CC(=O)NCc1ccc(C(=O)O[C@H](C)c2nc3ccccc3c(=O)[nH]2)cc1. The molecule has 7 nitrogen and oxygen atoms in total. The molecule has 0 radical (unpaired) electrons. The third-order valence-electron chi connectivity index (χ3n) is 4.03. The fraction of sp³-hybridized carbons (Fsp3) is 0.200. The first kappa shape index (κ1) is 18.3. The number of H-pyrrole nitrogens is 1. The zero-order chi connectivity index (χ0) is 19.4. The van der Waals surface area contributed by atoms with Crippen molar-refractivity contribution in [2.75, 3.05) is 0 Å². The number of esters is 1. The number of aromatic amines is 1. The minimum atomic E-state index is -0.714. The lowest BCUT2D eigenvalue weighted by molar-refractivity contribution is -0.119. The van der Waals surface area contributed by atoms with E-state index in [0.29, 0.717) is 23.0 Å². The molecule has 0 saturated heterocycles. The van der Waals surface area contributed by atoms with Crippen molar-refractivity contribution in [3.8, 4) is 0 Å².